The van der Waals surface area contributed by atoms with Crippen LogP contribution in [0.3, 0.4) is 0 Å². The zero-order valence-corrected chi connectivity index (χ0v) is 19.4. The van der Waals surface area contributed by atoms with Gasteiger partial charge in [-0.25, -0.2) is 8.78 Å². The van der Waals surface area contributed by atoms with Crippen molar-refractivity contribution in [2.75, 3.05) is 7.05 Å². The molecule has 0 radical (unpaired) electrons. The van der Waals surface area contributed by atoms with Gasteiger partial charge in [0.05, 0.1) is 18.2 Å². The number of phenols is 1. The first-order valence-corrected chi connectivity index (χ1v) is 11.0. The summed E-state index contributed by atoms with van der Waals surface area (Å²) in [7, 11) is 1.60. The number of nitrogens with zero attached hydrogens (tertiary/aromatic N) is 1. The summed E-state index contributed by atoms with van der Waals surface area (Å²) in [6.07, 6.45) is 4.35. The minimum absolute atomic E-state index is 0.0419. The van der Waals surface area contributed by atoms with Crippen LogP contribution in [0.25, 0.3) is 10.9 Å². The van der Waals surface area contributed by atoms with E-state index < -0.39 is 17.7 Å². The number of hydrogen-bond acceptors (Lipinski definition) is 3. The molecule has 176 valence electrons. The maximum Gasteiger partial charge on any atom is 0.225 e. The number of allylic oxidation sites excluding steroid dienone is 1. The van der Waals surface area contributed by atoms with Gasteiger partial charge in [-0.3, -0.25) is 9.79 Å². The number of rotatable bonds is 7. The highest BCUT2D eigenvalue weighted by atomic mass is 19.1. The van der Waals surface area contributed by atoms with Crippen molar-refractivity contribution in [3.05, 3.63) is 77.0 Å². The molecule has 7 heteroatoms. The number of fused-ring (bicyclic) bond motifs is 1. The van der Waals surface area contributed by atoms with Crippen molar-refractivity contribution in [3.8, 4) is 17.6 Å². The first-order valence-electron chi connectivity index (χ1n) is 11.0. The summed E-state index contributed by atoms with van der Waals surface area (Å²) in [5.41, 5.74) is 3.07. The van der Waals surface area contributed by atoms with Crippen molar-refractivity contribution < 1.29 is 18.7 Å². The van der Waals surface area contributed by atoms with E-state index in [-0.39, 0.29) is 24.5 Å². The Bertz CT molecular complexity index is 1290. The van der Waals surface area contributed by atoms with E-state index in [0.717, 1.165) is 17.0 Å². The summed E-state index contributed by atoms with van der Waals surface area (Å²) in [6, 6.07) is 7.53. The molecule has 0 spiro atoms. The zero-order chi connectivity index (χ0) is 24.7. The number of aromatic hydroxyl groups is 1. The molecule has 3 rings (SSSR count). The summed E-state index contributed by atoms with van der Waals surface area (Å²) in [4.78, 5) is 20.5. The number of benzene rings is 2. The maximum absolute atomic E-state index is 13.8. The lowest BCUT2D eigenvalue weighted by Crippen LogP contribution is -2.43. The number of aromatic nitrogens is 1. The van der Waals surface area contributed by atoms with Crippen LogP contribution in [-0.2, 0) is 17.6 Å². The molecule has 1 aromatic heterocycles. The summed E-state index contributed by atoms with van der Waals surface area (Å²) < 4.78 is 27.7. The molecule has 1 atom stereocenters. The fraction of sp³-hybridized carbons (Fsp3) is 0.259. The molecule has 0 aliphatic carbocycles. The van der Waals surface area contributed by atoms with Crippen molar-refractivity contribution in [1.82, 2.24) is 10.3 Å². The quantitative estimate of drug-likeness (QED) is 0.346. The van der Waals surface area contributed by atoms with Gasteiger partial charge in [0.25, 0.3) is 0 Å². The summed E-state index contributed by atoms with van der Waals surface area (Å²) in [5.74, 6) is 4.49. The van der Waals surface area contributed by atoms with Crippen LogP contribution < -0.4 is 5.32 Å². The molecule has 1 amide bonds. The van der Waals surface area contributed by atoms with E-state index in [2.05, 4.69) is 27.1 Å². The van der Waals surface area contributed by atoms with Gasteiger partial charge in [-0.05, 0) is 54.8 Å². The van der Waals surface area contributed by atoms with Gasteiger partial charge in [0.1, 0.15) is 17.4 Å². The van der Waals surface area contributed by atoms with Gasteiger partial charge in [-0.2, -0.15) is 0 Å². The number of amides is 1. The number of nitrogens with one attached hydrogen (secondary N) is 2. The largest absolute Gasteiger partial charge is 0.508 e. The maximum atomic E-state index is 13.8. The van der Waals surface area contributed by atoms with Gasteiger partial charge in [0, 0.05) is 42.2 Å². The molecule has 0 aliphatic rings. The second-order valence-corrected chi connectivity index (χ2v) is 7.79. The number of H-pyrrole nitrogens is 1. The molecule has 0 aliphatic heterocycles. The molecule has 5 nitrogen and oxygen atoms in total. The number of aliphatic imine (C=N–C) groups is 1. The monoisotopic (exact) mass is 463 g/mol. The second-order valence-electron chi connectivity index (χ2n) is 7.79. The molecule has 0 saturated carbocycles. The molecular formula is C27H27F2N3O2. The third kappa shape index (κ3) is 6.10. The van der Waals surface area contributed by atoms with Crippen molar-refractivity contribution in [2.45, 2.75) is 39.2 Å². The van der Waals surface area contributed by atoms with Crippen LogP contribution in [0.15, 0.2) is 59.2 Å². The SMILES string of the molecule is CC=C(C#CCC)C(=NC)C(Cc1cc(F)cc(F)c1)NC(=O)Cc1c[nH]c2ccc(O)cc12. The Morgan fingerprint density at radius 3 is 2.62 bits per heavy atom. The van der Waals surface area contributed by atoms with Crippen LogP contribution in [0, 0.1) is 23.5 Å². The lowest BCUT2D eigenvalue weighted by Gasteiger charge is -2.21. The van der Waals surface area contributed by atoms with E-state index in [9.17, 15) is 18.7 Å². The summed E-state index contributed by atoms with van der Waals surface area (Å²) in [6.45, 7) is 3.75. The number of hydrogen-bond donors (Lipinski definition) is 3. The molecule has 34 heavy (non-hydrogen) atoms. The number of phenolic OH excluding ortho intramolecular Hbond substituents is 1. The Balaban J connectivity index is 1.91. The van der Waals surface area contributed by atoms with E-state index >= 15 is 0 Å². The zero-order valence-electron chi connectivity index (χ0n) is 19.4. The Labute approximate surface area is 197 Å². The van der Waals surface area contributed by atoms with Gasteiger partial charge < -0.3 is 15.4 Å². The molecule has 3 N–H and O–H groups in total. The first-order chi connectivity index (χ1) is 16.3. The van der Waals surface area contributed by atoms with Crippen LogP contribution >= 0.6 is 0 Å². The minimum atomic E-state index is -0.689. The third-order valence-corrected chi connectivity index (χ3v) is 5.33. The van der Waals surface area contributed by atoms with E-state index in [0.29, 0.717) is 28.8 Å². The van der Waals surface area contributed by atoms with E-state index in [1.165, 1.54) is 12.1 Å². The van der Waals surface area contributed by atoms with E-state index in [1.807, 2.05) is 13.8 Å². The number of halogens is 2. The van der Waals surface area contributed by atoms with Gasteiger partial charge in [-0.15, -0.1) is 0 Å². The highest BCUT2D eigenvalue weighted by Crippen LogP contribution is 2.23. The lowest BCUT2D eigenvalue weighted by molar-refractivity contribution is -0.120. The average molecular weight is 464 g/mol. The number of carbonyl (C=O) groups excluding carboxylic acids is 1. The molecule has 3 aromatic rings. The molecule has 2 aromatic carbocycles. The van der Waals surface area contributed by atoms with E-state index in [1.54, 1.807) is 37.5 Å². The third-order valence-electron chi connectivity index (χ3n) is 5.33. The first kappa shape index (κ1) is 24.7. The topological polar surface area (TPSA) is 77.5 Å². The molecule has 0 bridgehead atoms. The van der Waals surface area contributed by atoms with Crippen molar-refractivity contribution in [3.63, 3.8) is 0 Å². The summed E-state index contributed by atoms with van der Waals surface area (Å²) >= 11 is 0. The van der Waals surface area contributed by atoms with Gasteiger partial charge in [0.2, 0.25) is 5.91 Å². The fourth-order valence-corrected chi connectivity index (χ4v) is 3.84. The minimum Gasteiger partial charge on any atom is -0.508 e. The normalized spacial score (nSPS) is 12.9. The van der Waals surface area contributed by atoms with Crippen LogP contribution in [0.4, 0.5) is 8.78 Å². The van der Waals surface area contributed by atoms with Crippen LogP contribution in [-0.4, -0.2) is 34.8 Å². The Morgan fingerprint density at radius 1 is 1.24 bits per heavy atom. The van der Waals surface area contributed by atoms with Crippen molar-refractivity contribution in [1.29, 1.82) is 0 Å². The summed E-state index contributed by atoms with van der Waals surface area (Å²) in [5, 5.41) is 13.5. The van der Waals surface area contributed by atoms with Crippen molar-refractivity contribution in [2.24, 2.45) is 4.99 Å². The Morgan fingerprint density at radius 2 is 1.97 bits per heavy atom. The molecule has 1 heterocycles. The van der Waals surface area contributed by atoms with Crippen LogP contribution in [0.2, 0.25) is 0 Å². The number of carbonyl (C=O) groups is 1. The van der Waals surface area contributed by atoms with Crippen molar-refractivity contribution >= 4 is 22.5 Å². The predicted molar refractivity (Wildman–Crippen MR) is 131 cm³/mol. The average Bonchev–Trinajstić information content (AvgIpc) is 3.17. The molecule has 1 unspecified atom stereocenters. The fourth-order valence-electron chi connectivity index (χ4n) is 3.84. The van der Waals surface area contributed by atoms with E-state index in [4.69, 9.17) is 0 Å². The molecule has 0 fully saturated rings. The molecular weight excluding hydrogens is 436 g/mol. The predicted octanol–water partition coefficient (Wildman–Crippen LogP) is 4.85. The van der Waals surface area contributed by atoms with Crippen LogP contribution in [0.5, 0.6) is 5.75 Å². The van der Waals surface area contributed by atoms with Crippen LogP contribution in [0.1, 0.15) is 31.4 Å². The van der Waals surface area contributed by atoms with Gasteiger partial charge in [-0.1, -0.05) is 24.8 Å². The number of aromatic amines is 1. The highest BCUT2D eigenvalue weighted by Gasteiger charge is 2.22. The smallest absolute Gasteiger partial charge is 0.225 e. The Kier molecular flexibility index (Phi) is 8.20. The molecule has 0 saturated heterocycles. The van der Waals surface area contributed by atoms with Gasteiger partial charge in [0.15, 0.2) is 0 Å². The Hall–Kier alpha value is -3.92. The van der Waals surface area contributed by atoms with Gasteiger partial charge >= 0.3 is 0 Å². The second kappa shape index (κ2) is 11.3. The lowest BCUT2D eigenvalue weighted by atomic mass is 9.95. The standard InChI is InChI=1S/C27H27F2N3O2/c1-4-6-7-18(5-2)27(30-3)25(12-17-10-20(28)14-21(29)11-17)32-26(34)13-19-16-31-24-9-8-22(33)15-23(19)24/h5,8-11,14-16,25,31,33H,4,12-13H2,1-3H3,(H,32,34). The highest BCUT2D eigenvalue weighted by molar-refractivity contribution is 6.09.